The molecule has 180 valence electrons. The number of para-hydroxylation sites is 1. The van der Waals surface area contributed by atoms with E-state index in [1.165, 1.54) is 22.8 Å². The molecular weight excluding hydrogens is 437 g/mol. The zero-order valence-corrected chi connectivity index (χ0v) is 19.3. The molecule has 1 saturated carbocycles. The van der Waals surface area contributed by atoms with Crippen molar-refractivity contribution in [2.24, 2.45) is 0 Å². The van der Waals surface area contributed by atoms with Gasteiger partial charge in [0.05, 0.1) is 12.1 Å². The number of nitrogens with zero attached hydrogens (tertiary/aromatic N) is 4. The van der Waals surface area contributed by atoms with Crippen molar-refractivity contribution in [3.8, 4) is 0 Å². The molecule has 0 bridgehead atoms. The molecule has 2 amide bonds. The zero-order chi connectivity index (χ0) is 23.9. The third kappa shape index (κ3) is 5.41. The van der Waals surface area contributed by atoms with Crippen molar-refractivity contribution < 1.29 is 18.7 Å². The maximum atomic E-state index is 14.9. The summed E-state index contributed by atoms with van der Waals surface area (Å²) in [5, 5.41) is 11.3. The largest absolute Gasteiger partial charge is 0.383 e. The number of halogens is 1. The Labute approximate surface area is 198 Å². The van der Waals surface area contributed by atoms with E-state index in [0.29, 0.717) is 11.0 Å². The maximum Gasteiger partial charge on any atom is 0.247 e. The molecule has 1 aliphatic rings. The number of carbonyl (C=O) groups is 2. The monoisotopic (exact) mass is 467 g/mol. The van der Waals surface area contributed by atoms with Gasteiger partial charge in [0.1, 0.15) is 23.9 Å². The van der Waals surface area contributed by atoms with Gasteiger partial charge in [-0.2, -0.15) is 0 Å². The van der Waals surface area contributed by atoms with Gasteiger partial charge >= 0.3 is 0 Å². The number of nitrogens with one attached hydrogen (secondary N) is 1. The van der Waals surface area contributed by atoms with Gasteiger partial charge in [0.25, 0.3) is 0 Å². The lowest BCUT2D eigenvalue weighted by atomic mass is 9.94. The molecule has 34 heavy (non-hydrogen) atoms. The first-order valence-electron chi connectivity index (χ1n) is 11.7. The number of fused-ring (bicyclic) bond motifs is 1. The standard InChI is InChI=1S/C25H30FN5O3/c1-34-16-15-30(23(32)17-31-22-14-8-7-13-21(22)28-29-31)24(19-11-5-6-12-20(19)26)25(33)27-18-9-3-2-4-10-18/h5-8,11-14,18,24H,2-4,9-10,15-17H2,1H3,(H,27,33)/t24-/m0/s1. The number of ether oxygens (including phenoxy) is 1. The highest BCUT2D eigenvalue weighted by Crippen LogP contribution is 2.26. The predicted octanol–water partition coefficient (Wildman–Crippen LogP) is 3.24. The average molecular weight is 468 g/mol. The number of amides is 2. The van der Waals surface area contributed by atoms with Gasteiger partial charge in [0, 0.05) is 25.3 Å². The highest BCUT2D eigenvalue weighted by Gasteiger charge is 2.34. The van der Waals surface area contributed by atoms with Crippen LogP contribution in [0.4, 0.5) is 4.39 Å². The Morgan fingerprint density at radius 3 is 2.65 bits per heavy atom. The maximum absolute atomic E-state index is 14.9. The van der Waals surface area contributed by atoms with Gasteiger partial charge in [0.15, 0.2) is 0 Å². The van der Waals surface area contributed by atoms with Crippen LogP contribution in [-0.2, 0) is 20.9 Å². The van der Waals surface area contributed by atoms with Crippen LogP contribution in [0.15, 0.2) is 48.5 Å². The van der Waals surface area contributed by atoms with Crippen molar-refractivity contribution in [2.45, 2.75) is 50.7 Å². The lowest BCUT2D eigenvalue weighted by Crippen LogP contribution is -2.49. The Morgan fingerprint density at radius 1 is 1.15 bits per heavy atom. The van der Waals surface area contributed by atoms with E-state index in [9.17, 15) is 14.0 Å². The third-order valence-electron chi connectivity index (χ3n) is 6.27. The fourth-order valence-electron chi connectivity index (χ4n) is 4.52. The third-order valence-corrected chi connectivity index (χ3v) is 6.27. The second kappa shape index (κ2) is 11.2. The molecule has 8 nitrogen and oxygen atoms in total. The Hall–Kier alpha value is -3.33. The Balaban J connectivity index is 1.65. The van der Waals surface area contributed by atoms with Crippen LogP contribution in [0.2, 0.25) is 0 Å². The number of benzene rings is 2. The highest BCUT2D eigenvalue weighted by molar-refractivity contribution is 5.89. The summed E-state index contributed by atoms with van der Waals surface area (Å²) in [6.07, 6.45) is 4.99. The van der Waals surface area contributed by atoms with Crippen LogP contribution in [0.5, 0.6) is 0 Å². The minimum Gasteiger partial charge on any atom is -0.383 e. The van der Waals surface area contributed by atoms with Crippen LogP contribution in [0.3, 0.4) is 0 Å². The van der Waals surface area contributed by atoms with E-state index in [4.69, 9.17) is 4.74 Å². The van der Waals surface area contributed by atoms with Crippen molar-refractivity contribution in [1.82, 2.24) is 25.2 Å². The number of aromatic nitrogens is 3. The molecule has 1 aromatic heterocycles. The molecule has 9 heteroatoms. The first kappa shape index (κ1) is 23.8. The van der Waals surface area contributed by atoms with E-state index >= 15 is 0 Å². The van der Waals surface area contributed by atoms with Crippen molar-refractivity contribution in [1.29, 1.82) is 0 Å². The lowest BCUT2D eigenvalue weighted by Gasteiger charge is -2.33. The molecule has 1 N–H and O–H groups in total. The van der Waals surface area contributed by atoms with Gasteiger partial charge in [0.2, 0.25) is 11.8 Å². The smallest absolute Gasteiger partial charge is 0.247 e. The molecule has 0 saturated heterocycles. The first-order valence-corrected chi connectivity index (χ1v) is 11.7. The lowest BCUT2D eigenvalue weighted by molar-refractivity contribution is -0.142. The van der Waals surface area contributed by atoms with Gasteiger partial charge in [-0.25, -0.2) is 9.07 Å². The van der Waals surface area contributed by atoms with Crippen LogP contribution in [-0.4, -0.2) is 58.0 Å². The second-order valence-electron chi connectivity index (χ2n) is 8.58. The van der Waals surface area contributed by atoms with Gasteiger partial charge < -0.3 is 15.0 Å². The van der Waals surface area contributed by atoms with Gasteiger partial charge in [-0.3, -0.25) is 9.59 Å². The van der Waals surface area contributed by atoms with Crippen molar-refractivity contribution in [3.05, 3.63) is 59.9 Å². The van der Waals surface area contributed by atoms with E-state index in [1.807, 2.05) is 24.3 Å². The minimum atomic E-state index is -1.12. The van der Waals surface area contributed by atoms with E-state index in [0.717, 1.165) is 32.1 Å². The summed E-state index contributed by atoms with van der Waals surface area (Å²) >= 11 is 0. The van der Waals surface area contributed by atoms with E-state index in [-0.39, 0.29) is 43.1 Å². The van der Waals surface area contributed by atoms with Crippen LogP contribution >= 0.6 is 0 Å². The molecule has 0 unspecified atom stereocenters. The summed E-state index contributed by atoms with van der Waals surface area (Å²) in [5.74, 6) is -1.29. The number of hydrogen-bond donors (Lipinski definition) is 1. The molecule has 1 aliphatic carbocycles. The summed E-state index contributed by atoms with van der Waals surface area (Å²) < 4.78 is 21.6. The summed E-state index contributed by atoms with van der Waals surface area (Å²) in [5.41, 5.74) is 1.53. The fraction of sp³-hybridized carbons (Fsp3) is 0.440. The average Bonchev–Trinajstić information content (AvgIpc) is 3.25. The minimum absolute atomic E-state index is 0.0224. The molecule has 3 aromatic rings. The predicted molar refractivity (Wildman–Crippen MR) is 125 cm³/mol. The van der Waals surface area contributed by atoms with Gasteiger partial charge in [-0.15, -0.1) is 5.10 Å². The van der Waals surface area contributed by atoms with Crippen molar-refractivity contribution >= 4 is 22.8 Å². The molecule has 1 atom stereocenters. The van der Waals surface area contributed by atoms with E-state index in [1.54, 1.807) is 18.2 Å². The molecule has 2 aromatic carbocycles. The van der Waals surface area contributed by atoms with E-state index < -0.39 is 11.9 Å². The number of rotatable bonds is 9. The highest BCUT2D eigenvalue weighted by atomic mass is 19.1. The molecule has 1 fully saturated rings. The Bertz CT molecular complexity index is 1130. The molecular formula is C25H30FN5O3. The molecule has 0 aliphatic heterocycles. The van der Waals surface area contributed by atoms with Crippen LogP contribution in [0.1, 0.15) is 43.7 Å². The molecule has 0 radical (unpaired) electrons. The normalized spacial score (nSPS) is 15.2. The number of methoxy groups -OCH3 is 1. The summed E-state index contributed by atoms with van der Waals surface area (Å²) in [6, 6.07) is 12.3. The van der Waals surface area contributed by atoms with Crippen LogP contribution in [0.25, 0.3) is 11.0 Å². The van der Waals surface area contributed by atoms with E-state index in [2.05, 4.69) is 15.6 Å². The SMILES string of the molecule is COCCN(C(=O)Cn1nnc2ccccc21)[C@H](C(=O)NC1CCCCC1)c1ccccc1F. The second-order valence-corrected chi connectivity index (χ2v) is 8.58. The quantitative estimate of drug-likeness (QED) is 0.522. The topological polar surface area (TPSA) is 89.3 Å². The van der Waals surface area contributed by atoms with Gasteiger partial charge in [-0.05, 0) is 31.0 Å². The summed E-state index contributed by atoms with van der Waals surface area (Å²) in [7, 11) is 1.52. The Morgan fingerprint density at radius 2 is 1.88 bits per heavy atom. The Kier molecular flexibility index (Phi) is 7.84. The number of carbonyl (C=O) groups excluding carboxylic acids is 2. The van der Waals surface area contributed by atoms with Gasteiger partial charge in [-0.1, -0.05) is 54.8 Å². The van der Waals surface area contributed by atoms with Crippen molar-refractivity contribution in [2.75, 3.05) is 20.3 Å². The van der Waals surface area contributed by atoms with Crippen LogP contribution < -0.4 is 5.32 Å². The first-order chi connectivity index (χ1) is 16.6. The van der Waals surface area contributed by atoms with Crippen molar-refractivity contribution in [3.63, 3.8) is 0 Å². The zero-order valence-electron chi connectivity index (χ0n) is 19.3. The molecule has 4 rings (SSSR count). The van der Waals surface area contributed by atoms with Crippen LogP contribution in [0, 0.1) is 5.82 Å². The molecule has 1 heterocycles. The summed E-state index contributed by atoms with van der Waals surface area (Å²) in [4.78, 5) is 28.5. The number of hydrogen-bond acceptors (Lipinski definition) is 5. The fourth-order valence-corrected chi connectivity index (χ4v) is 4.52. The summed E-state index contributed by atoms with van der Waals surface area (Å²) in [6.45, 7) is 0.191. The molecule has 0 spiro atoms.